The Balaban J connectivity index is 1.68. The van der Waals surface area contributed by atoms with Gasteiger partial charge in [0, 0.05) is 32.4 Å². The largest absolute Gasteiger partial charge is 0.481 e. The van der Waals surface area contributed by atoms with Crippen molar-refractivity contribution in [3.8, 4) is 0 Å². The molecule has 1 aliphatic rings. The Hall–Kier alpha value is -2.31. The van der Waals surface area contributed by atoms with Gasteiger partial charge in [0.2, 0.25) is 0 Å². The molecule has 20 heavy (non-hydrogen) atoms. The lowest BCUT2D eigenvalue weighted by atomic mass is 10.1. The van der Waals surface area contributed by atoms with Gasteiger partial charge in [0.1, 0.15) is 5.82 Å². The molecule has 0 radical (unpaired) electrons. The van der Waals surface area contributed by atoms with Crippen LogP contribution in [0.15, 0.2) is 24.5 Å². The molecule has 1 aromatic rings. The summed E-state index contributed by atoms with van der Waals surface area (Å²) in [5.41, 5.74) is 0. The fourth-order valence-corrected chi connectivity index (χ4v) is 2.13. The molecule has 0 saturated carbocycles. The third kappa shape index (κ3) is 3.59. The van der Waals surface area contributed by atoms with Gasteiger partial charge in [-0.3, -0.25) is 4.79 Å². The van der Waals surface area contributed by atoms with E-state index in [0.717, 1.165) is 5.82 Å². The second-order valence-corrected chi connectivity index (χ2v) is 4.78. The first-order valence-electron chi connectivity index (χ1n) is 6.48. The maximum atomic E-state index is 11.7. The third-order valence-corrected chi connectivity index (χ3v) is 3.27. The number of carboxylic acid groups (broad SMARTS) is 1. The molecular formula is C13H18N4O3. The highest BCUT2D eigenvalue weighted by atomic mass is 16.4. The Bertz CT molecular complexity index is 523. The first kappa shape index (κ1) is 14.1. The number of hydrogen-bond acceptors (Lipinski definition) is 3. The van der Waals surface area contributed by atoms with Gasteiger partial charge in [-0.25, -0.2) is 9.78 Å². The summed E-state index contributed by atoms with van der Waals surface area (Å²) >= 11 is 0. The highest BCUT2D eigenvalue weighted by Crippen LogP contribution is 2.17. The molecular weight excluding hydrogens is 260 g/mol. The van der Waals surface area contributed by atoms with E-state index in [4.69, 9.17) is 5.11 Å². The minimum Gasteiger partial charge on any atom is -0.481 e. The standard InChI is InChI=1S/C13H18N4O3/c1-17-7-6-14-11(17)4-5-15-13(20)16-10-3-2-9(8-10)12(18)19/h2-3,6-7,9-10H,4-5,8H2,1H3,(H,18,19)(H2,15,16,20). The number of urea groups is 1. The molecule has 2 unspecified atom stereocenters. The summed E-state index contributed by atoms with van der Waals surface area (Å²) in [4.78, 5) is 26.6. The highest BCUT2D eigenvalue weighted by molar-refractivity contribution is 5.76. The SMILES string of the molecule is Cn1ccnc1CCNC(=O)NC1C=CC(C(=O)O)C1. The Kier molecular flexibility index (Phi) is 4.39. The van der Waals surface area contributed by atoms with Crippen LogP contribution in [0.3, 0.4) is 0 Å². The summed E-state index contributed by atoms with van der Waals surface area (Å²) in [5, 5.41) is 14.3. The van der Waals surface area contributed by atoms with Crippen molar-refractivity contribution in [3.05, 3.63) is 30.4 Å². The van der Waals surface area contributed by atoms with Gasteiger partial charge in [0.15, 0.2) is 0 Å². The normalized spacial score (nSPS) is 20.9. The molecule has 1 aromatic heterocycles. The van der Waals surface area contributed by atoms with Crippen LogP contribution in [-0.2, 0) is 18.3 Å². The number of carboxylic acids is 1. The molecule has 2 rings (SSSR count). The average Bonchev–Trinajstić information content (AvgIpc) is 2.99. The lowest BCUT2D eigenvalue weighted by Crippen LogP contribution is -2.41. The summed E-state index contributed by atoms with van der Waals surface area (Å²) in [6, 6.07) is -0.510. The van der Waals surface area contributed by atoms with E-state index in [1.807, 2.05) is 17.8 Å². The third-order valence-electron chi connectivity index (χ3n) is 3.27. The lowest BCUT2D eigenvalue weighted by Gasteiger charge is -2.13. The van der Waals surface area contributed by atoms with Gasteiger partial charge in [0.05, 0.1) is 12.0 Å². The molecule has 3 N–H and O–H groups in total. The molecule has 2 amide bonds. The van der Waals surface area contributed by atoms with Gasteiger partial charge in [-0.1, -0.05) is 12.2 Å². The zero-order valence-corrected chi connectivity index (χ0v) is 11.2. The molecule has 1 aliphatic carbocycles. The van der Waals surface area contributed by atoms with Crippen molar-refractivity contribution in [1.82, 2.24) is 20.2 Å². The summed E-state index contributed by atoms with van der Waals surface area (Å²) in [6.07, 6.45) is 7.95. The van der Waals surface area contributed by atoms with E-state index in [-0.39, 0.29) is 12.1 Å². The zero-order valence-electron chi connectivity index (χ0n) is 11.2. The molecule has 7 nitrogen and oxygen atoms in total. The van der Waals surface area contributed by atoms with Crippen molar-refractivity contribution in [2.45, 2.75) is 18.9 Å². The van der Waals surface area contributed by atoms with Gasteiger partial charge >= 0.3 is 12.0 Å². The second-order valence-electron chi connectivity index (χ2n) is 4.78. The molecule has 0 aliphatic heterocycles. The maximum Gasteiger partial charge on any atom is 0.315 e. The number of nitrogens with zero attached hydrogens (tertiary/aromatic N) is 2. The molecule has 0 saturated heterocycles. The number of carbonyl (C=O) groups is 2. The number of amides is 2. The topological polar surface area (TPSA) is 96.3 Å². The fourth-order valence-electron chi connectivity index (χ4n) is 2.13. The van der Waals surface area contributed by atoms with Crippen LogP contribution < -0.4 is 10.6 Å². The summed E-state index contributed by atoms with van der Waals surface area (Å²) < 4.78 is 1.90. The van der Waals surface area contributed by atoms with Crippen molar-refractivity contribution in [1.29, 1.82) is 0 Å². The van der Waals surface area contributed by atoms with Crippen LogP contribution in [-0.4, -0.2) is 39.2 Å². The smallest absolute Gasteiger partial charge is 0.315 e. The van der Waals surface area contributed by atoms with E-state index in [1.165, 1.54) is 0 Å². The van der Waals surface area contributed by atoms with Crippen LogP contribution in [0.5, 0.6) is 0 Å². The number of hydrogen-bond donors (Lipinski definition) is 3. The van der Waals surface area contributed by atoms with E-state index in [2.05, 4.69) is 15.6 Å². The Morgan fingerprint density at radius 1 is 1.50 bits per heavy atom. The summed E-state index contributed by atoms with van der Waals surface area (Å²) in [7, 11) is 1.90. The molecule has 2 atom stereocenters. The highest BCUT2D eigenvalue weighted by Gasteiger charge is 2.25. The predicted octanol–water partition coefficient (Wildman–Crippen LogP) is 0.291. The van der Waals surface area contributed by atoms with Crippen molar-refractivity contribution >= 4 is 12.0 Å². The van der Waals surface area contributed by atoms with E-state index in [9.17, 15) is 9.59 Å². The number of aromatic nitrogens is 2. The Morgan fingerprint density at radius 2 is 2.30 bits per heavy atom. The molecule has 0 aromatic carbocycles. The van der Waals surface area contributed by atoms with Gasteiger partial charge in [0.25, 0.3) is 0 Å². The van der Waals surface area contributed by atoms with Gasteiger partial charge in [-0.05, 0) is 6.42 Å². The van der Waals surface area contributed by atoms with Crippen LogP contribution in [0.1, 0.15) is 12.2 Å². The molecule has 0 bridgehead atoms. The Labute approximate surface area is 116 Å². The number of rotatable bonds is 5. The predicted molar refractivity (Wildman–Crippen MR) is 72.1 cm³/mol. The van der Waals surface area contributed by atoms with E-state index < -0.39 is 11.9 Å². The fraction of sp³-hybridized carbons (Fsp3) is 0.462. The average molecular weight is 278 g/mol. The van der Waals surface area contributed by atoms with E-state index in [1.54, 1.807) is 18.3 Å². The number of carbonyl (C=O) groups excluding carboxylic acids is 1. The Morgan fingerprint density at radius 3 is 2.90 bits per heavy atom. The molecule has 108 valence electrons. The minimum absolute atomic E-state index is 0.218. The zero-order chi connectivity index (χ0) is 14.5. The first-order chi connectivity index (χ1) is 9.56. The van der Waals surface area contributed by atoms with Crippen LogP contribution in [0.2, 0.25) is 0 Å². The lowest BCUT2D eigenvalue weighted by molar-refractivity contribution is -0.140. The van der Waals surface area contributed by atoms with Gasteiger partial charge < -0.3 is 20.3 Å². The summed E-state index contributed by atoms with van der Waals surface area (Å²) in [5.74, 6) is -0.467. The van der Waals surface area contributed by atoms with Crippen LogP contribution >= 0.6 is 0 Å². The minimum atomic E-state index is -0.860. The van der Waals surface area contributed by atoms with Crippen molar-refractivity contribution in [2.75, 3.05) is 6.54 Å². The number of aliphatic carboxylic acids is 1. The van der Waals surface area contributed by atoms with E-state index >= 15 is 0 Å². The molecule has 0 fully saturated rings. The maximum absolute atomic E-state index is 11.7. The van der Waals surface area contributed by atoms with Crippen molar-refractivity contribution in [3.63, 3.8) is 0 Å². The number of nitrogens with one attached hydrogen (secondary N) is 2. The first-order valence-corrected chi connectivity index (χ1v) is 6.48. The van der Waals surface area contributed by atoms with Gasteiger partial charge in [-0.15, -0.1) is 0 Å². The van der Waals surface area contributed by atoms with Crippen LogP contribution in [0.25, 0.3) is 0 Å². The second kappa shape index (κ2) is 6.23. The number of imidazole rings is 1. The van der Waals surface area contributed by atoms with Crippen LogP contribution in [0, 0.1) is 5.92 Å². The van der Waals surface area contributed by atoms with Crippen LogP contribution in [0.4, 0.5) is 4.79 Å². The van der Waals surface area contributed by atoms with E-state index in [0.29, 0.717) is 19.4 Å². The monoisotopic (exact) mass is 278 g/mol. The summed E-state index contributed by atoms with van der Waals surface area (Å²) in [6.45, 7) is 0.482. The van der Waals surface area contributed by atoms with Crippen molar-refractivity contribution < 1.29 is 14.7 Å². The number of aryl methyl sites for hydroxylation is 1. The van der Waals surface area contributed by atoms with Crippen molar-refractivity contribution in [2.24, 2.45) is 13.0 Å². The molecule has 1 heterocycles. The molecule has 0 spiro atoms. The molecule has 7 heteroatoms. The van der Waals surface area contributed by atoms with Gasteiger partial charge in [-0.2, -0.15) is 0 Å². The quantitative estimate of drug-likeness (QED) is 0.674.